The zero-order valence-corrected chi connectivity index (χ0v) is 30.8. The van der Waals surface area contributed by atoms with Gasteiger partial charge in [-0.3, -0.25) is 9.59 Å². The standard InChI is InChI=1S/C43H49N5O5/c1-4-5-6-7-8-21-53-38-19-17-32(18-20-38)36-25-45-41(46-26-36)34-11-9-30(10-12-34)22-35(23-40(49)33-15-13-31(14-16-33)29(2)3)42(50)48-39(43(51)52)24-37-27-44-28-47-37/h9-20,25-29,35,39H,4-8,21-24H2,1-3H3,(H,44,47)(H,48,50)(H,51,52)/t35-,39-/m1/s1. The van der Waals surface area contributed by atoms with Gasteiger partial charge in [-0.2, -0.15) is 0 Å². The lowest BCUT2D eigenvalue weighted by molar-refractivity contribution is -0.142. The van der Waals surface area contributed by atoms with E-state index in [0.29, 0.717) is 23.0 Å². The van der Waals surface area contributed by atoms with Gasteiger partial charge in [0.25, 0.3) is 0 Å². The molecule has 0 bridgehead atoms. The molecule has 0 aliphatic carbocycles. The Kier molecular flexibility index (Phi) is 14.0. The lowest BCUT2D eigenvalue weighted by Gasteiger charge is -2.20. The largest absolute Gasteiger partial charge is 0.494 e. The molecule has 0 aliphatic heterocycles. The number of ketones is 1. The van der Waals surface area contributed by atoms with Crippen molar-refractivity contribution in [3.63, 3.8) is 0 Å². The summed E-state index contributed by atoms with van der Waals surface area (Å²) in [5.74, 6) is -0.950. The Morgan fingerprint density at radius 1 is 0.792 bits per heavy atom. The summed E-state index contributed by atoms with van der Waals surface area (Å²) in [7, 11) is 0. The summed E-state index contributed by atoms with van der Waals surface area (Å²) < 4.78 is 5.90. The van der Waals surface area contributed by atoms with E-state index in [9.17, 15) is 19.5 Å². The number of carboxylic acid groups (broad SMARTS) is 1. The Balaban J connectivity index is 1.25. The molecule has 0 aliphatic rings. The van der Waals surface area contributed by atoms with Crippen LogP contribution in [0.3, 0.4) is 0 Å². The molecule has 3 aromatic carbocycles. The fourth-order valence-corrected chi connectivity index (χ4v) is 6.10. The number of benzene rings is 3. The number of rotatable bonds is 20. The first kappa shape index (κ1) is 38.6. The maximum absolute atomic E-state index is 13.7. The molecule has 5 aromatic rings. The highest BCUT2D eigenvalue weighted by Crippen LogP contribution is 2.25. The number of carbonyl (C=O) groups is 3. The highest BCUT2D eigenvalue weighted by atomic mass is 16.5. The van der Waals surface area contributed by atoms with E-state index in [-0.39, 0.29) is 25.0 Å². The first-order valence-corrected chi connectivity index (χ1v) is 18.5. The summed E-state index contributed by atoms with van der Waals surface area (Å²) >= 11 is 0. The van der Waals surface area contributed by atoms with Gasteiger partial charge in [0.2, 0.25) is 5.91 Å². The third-order valence-corrected chi connectivity index (χ3v) is 9.35. The SMILES string of the molecule is CCCCCCCOc1ccc(-c2cnc(-c3ccc(C[C@H](CC(=O)c4ccc(C(C)C)cc4)C(=O)N[C@H](Cc4cnc[nH]4)C(=O)O)cc3)nc2)cc1. The van der Waals surface area contributed by atoms with Crippen LogP contribution in [0.5, 0.6) is 5.75 Å². The van der Waals surface area contributed by atoms with Gasteiger partial charge in [-0.15, -0.1) is 0 Å². The number of hydrogen-bond acceptors (Lipinski definition) is 7. The molecule has 53 heavy (non-hydrogen) atoms. The number of unbranched alkanes of at least 4 members (excludes halogenated alkanes) is 4. The number of nitrogens with zero attached hydrogens (tertiary/aromatic N) is 3. The van der Waals surface area contributed by atoms with Gasteiger partial charge < -0.3 is 20.1 Å². The van der Waals surface area contributed by atoms with Gasteiger partial charge in [0, 0.05) is 59.7 Å². The Morgan fingerprint density at radius 2 is 1.47 bits per heavy atom. The number of ether oxygens (including phenoxy) is 1. The second-order valence-corrected chi connectivity index (χ2v) is 13.8. The molecule has 2 atom stereocenters. The normalized spacial score (nSPS) is 12.3. The first-order chi connectivity index (χ1) is 25.7. The van der Waals surface area contributed by atoms with Crippen LogP contribution in [0.25, 0.3) is 22.5 Å². The van der Waals surface area contributed by atoms with E-state index in [1.54, 1.807) is 24.5 Å². The van der Waals surface area contributed by atoms with E-state index < -0.39 is 23.8 Å². The summed E-state index contributed by atoms with van der Waals surface area (Å²) in [5, 5.41) is 12.5. The Hall–Kier alpha value is -5.64. The molecule has 5 rings (SSSR count). The van der Waals surface area contributed by atoms with E-state index in [0.717, 1.165) is 46.6 Å². The minimum Gasteiger partial charge on any atom is -0.494 e. The maximum atomic E-state index is 13.7. The van der Waals surface area contributed by atoms with Gasteiger partial charge in [0.1, 0.15) is 11.8 Å². The third-order valence-electron chi connectivity index (χ3n) is 9.35. The number of aromatic amines is 1. The molecule has 0 unspecified atom stereocenters. The molecule has 276 valence electrons. The number of carbonyl (C=O) groups excluding carboxylic acids is 2. The van der Waals surface area contributed by atoms with Gasteiger partial charge in [0.15, 0.2) is 11.6 Å². The maximum Gasteiger partial charge on any atom is 0.326 e. The molecular formula is C43H49N5O5. The molecule has 0 spiro atoms. The number of hydrogen-bond donors (Lipinski definition) is 3. The number of H-pyrrole nitrogens is 1. The first-order valence-electron chi connectivity index (χ1n) is 18.5. The molecule has 0 radical (unpaired) electrons. The van der Waals surface area contributed by atoms with Crippen LogP contribution in [0, 0.1) is 5.92 Å². The third kappa shape index (κ3) is 11.4. The molecule has 10 heteroatoms. The monoisotopic (exact) mass is 715 g/mol. The van der Waals surface area contributed by atoms with Crippen molar-refractivity contribution in [3.05, 3.63) is 120 Å². The van der Waals surface area contributed by atoms with E-state index in [1.165, 1.54) is 38.2 Å². The quantitative estimate of drug-likeness (QED) is 0.0539. The van der Waals surface area contributed by atoms with Crippen LogP contribution >= 0.6 is 0 Å². The molecule has 0 fully saturated rings. The van der Waals surface area contributed by atoms with Crippen LogP contribution in [0.15, 0.2) is 97.7 Å². The second kappa shape index (κ2) is 19.3. The molecule has 3 N–H and O–H groups in total. The van der Waals surface area contributed by atoms with Crippen molar-refractivity contribution in [1.29, 1.82) is 0 Å². The number of Topliss-reactive ketones (excluding diaryl/α,β-unsaturated/α-hetero) is 1. The van der Waals surface area contributed by atoms with Crippen LogP contribution < -0.4 is 10.1 Å². The topological polar surface area (TPSA) is 147 Å². The molecule has 10 nitrogen and oxygen atoms in total. The fourth-order valence-electron chi connectivity index (χ4n) is 6.10. The Bertz CT molecular complexity index is 1890. The summed E-state index contributed by atoms with van der Waals surface area (Å²) in [6.45, 7) is 7.10. The summed E-state index contributed by atoms with van der Waals surface area (Å²) in [4.78, 5) is 55.2. The minimum atomic E-state index is -1.19. The molecule has 0 saturated heterocycles. The highest BCUT2D eigenvalue weighted by molar-refractivity contribution is 5.99. The Morgan fingerprint density at radius 3 is 2.09 bits per heavy atom. The van der Waals surface area contributed by atoms with Gasteiger partial charge in [-0.05, 0) is 47.6 Å². The van der Waals surface area contributed by atoms with Crippen molar-refractivity contribution < 1.29 is 24.2 Å². The minimum absolute atomic E-state index is 0.0326. The second-order valence-electron chi connectivity index (χ2n) is 13.8. The van der Waals surface area contributed by atoms with Crippen molar-refractivity contribution in [1.82, 2.24) is 25.3 Å². The summed E-state index contributed by atoms with van der Waals surface area (Å²) in [6, 6.07) is 21.7. The van der Waals surface area contributed by atoms with Crippen LogP contribution in [0.4, 0.5) is 0 Å². The molecule has 2 heterocycles. The smallest absolute Gasteiger partial charge is 0.326 e. The lowest BCUT2D eigenvalue weighted by atomic mass is 9.90. The van der Waals surface area contributed by atoms with Gasteiger partial charge in [-0.1, -0.05) is 107 Å². The van der Waals surface area contributed by atoms with E-state index in [4.69, 9.17) is 4.74 Å². The fraction of sp³-hybridized carbons (Fsp3) is 0.349. The van der Waals surface area contributed by atoms with Crippen LogP contribution in [0.1, 0.15) is 92.4 Å². The van der Waals surface area contributed by atoms with Crippen LogP contribution in [-0.2, 0) is 22.4 Å². The van der Waals surface area contributed by atoms with Crippen LogP contribution in [0.2, 0.25) is 0 Å². The predicted molar refractivity (Wildman–Crippen MR) is 206 cm³/mol. The van der Waals surface area contributed by atoms with Crippen molar-refractivity contribution in [2.24, 2.45) is 5.92 Å². The van der Waals surface area contributed by atoms with Crippen molar-refractivity contribution in [3.8, 4) is 28.3 Å². The number of nitrogens with one attached hydrogen (secondary N) is 2. The number of imidazole rings is 1. The van der Waals surface area contributed by atoms with E-state index in [2.05, 4.69) is 46.0 Å². The van der Waals surface area contributed by atoms with Crippen LogP contribution in [-0.4, -0.2) is 55.4 Å². The van der Waals surface area contributed by atoms with Gasteiger partial charge >= 0.3 is 5.97 Å². The number of aliphatic carboxylic acids is 1. The zero-order valence-electron chi connectivity index (χ0n) is 30.8. The average molecular weight is 716 g/mol. The number of carboxylic acids is 1. The van der Waals surface area contributed by atoms with Gasteiger partial charge in [-0.25, -0.2) is 19.7 Å². The summed E-state index contributed by atoms with van der Waals surface area (Å²) in [6.07, 6.45) is 12.7. The predicted octanol–water partition coefficient (Wildman–Crippen LogP) is 8.25. The number of amides is 1. The average Bonchev–Trinajstić information content (AvgIpc) is 3.69. The van der Waals surface area contributed by atoms with E-state index >= 15 is 0 Å². The molecular weight excluding hydrogens is 667 g/mol. The zero-order chi connectivity index (χ0) is 37.6. The molecule has 2 aromatic heterocycles. The highest BCUT2D eigenvalue weighted by Gasteiger charge is 2.28. The number of aromatic nitrogens is 4. The summed E-state index contributed by atoms with van der Waals surface area (Å²) in [5.41, 5.74) is 5.70. The van der Waals surface area contributed by atoms with Crippen molar-refractivity contribution in [2.75, 3.05) is 6.61 Å². The molecule has 1 amide bonds. The Labute approximate surface area is 311 Å². The van der Waals surface area contributed by atoms with Crippen molar-refractivity contribution in [2.45, 2.75) is 84.1 Å². The molecule has 0 saturated carbocycles. The van der Waals surface area contributed by atoms with E-state index in [1.807, 2.05) is 60.7 Å². The van der Waals surface area contributed by atoms with Crippen molar-refractivity contribution >= 4 is 17.7 Å². The lowest BCUT2D eigenvalue weighted by Crippen LogP contribution is -2.45. The van der Waals surface area contributed by atoms with Gasteiger partial charge in [0.05, 0.1) is 12.9 Å².